The standard InChI is InChI=1S/C38H53ClN2O5/c1-4-5-6-7-8-9-10-11-12-13-14-15-16-17-18-19-20-21-22-26-35(42)40-31-24-23-25-34(36(43)44)41-37(45)38(2,3)46-33-29-27-32(39)28-30-33/h5-6,8-9,11-12,14-15,17-18,20-21,27-30,34H,4,7,10,13,16,19,22-26,31H2,1-3H3,(H,40,42)(H,41,45)(H,43,44)/b6-5-,9-8-,12-11-,15-14-,18-17-,21-20-. The SMILES string of the molecule is CC/C=C\C/C=C\C/C=C\C/C=C\C/C=C\C/C=C\CCC(=O)NCCCCC(NC(=O)C(C)(C)Oc1ccc(Cl)cc1)C(=O)O. The van der Waals surface area contributed by atoms with Crippen LogP contribution in [-0.4, -0.2) is 41.1 Å². The van der Waals surface area contributed by atoms with Crippen LogP contribution in [0.25, 0.3) is 0 Å². The van der Waals surface area contributed by atoms with Gasteiger partial charge in [-0.3, -0.25) is 9.59 Å². The van der Waals surface area contributed by atoms with Crippen LogP contribution in [0.5, 0.6) is 5.75 Å². The Morgan fingerprint density at radius 1 is 0.804 bits per heavy atom. The molecular weight excluding hydrogens is 600 g/mol. The fourth-order valence-electron chi connectivity index (χ4n) is 4.08. The Hall–Kier alpha value is -3.84. The number of aliphatic carboxylic acids is 1. The molecule has 7 nitrogen and oxygen atoms in total. The van der Waals surface area contributed by atoms with Crippen LogP contribution in [0.3, 0.4) is 0 Å². The van der Waals surface area contributed by atoms with E-state index in [1.54, 1.807) is 38.1 Å². The van der Waals surface area contributed by atoms with Crippen LogP contribution >= 0.6 is 11.6 Å². The topological polar surface area (TPSA) is 105 Å². The van der Waals surface area contributed by atoms with E-state index in [0.29, 0.717) is 43.0 Å². The van der Waals surface area contributed by atoms with Crippen molar-refractivity contribution in [3.63, 3.8) is 0 Å². The molecule has 0 saturated carbocycles. The van der Waals surface area contributed by atoms with Crippen LogP contribution in [0.15, 0.2) is 97.2 Å². The van der Waals surface area contributed by atoms with E-state index in [2.05, 4.69) is 84.4 Å². The molecule has 0 aliphatic rings. The first-order valence-electron chi connectivity index (χ1n) is 16.3. The zero-order valence-corrected chi connectivity index (χ0v) is 28.5. The quantitative estimate of drug-likeness (QED) is 0.0764. The lowest BCUT2D eigenvalue weighted by molar-refractivity contribution is -0.145. The van der Waals surface area contributed by atoms with Crippen LogP contribution in [0.1, 0.15) is 91.4 Å². The number of unbranched alkanes of at least 4 members (excludes halogenated alkanes) is 1. The summed E-state index contributed by atoms with van der Waals surface area (Å²) < 4.78 is 5.74. The molecule has 46 heavy (non-hydrogen) atoms. The highest BCUT2D eigenvalue weighted by Crippen LogP contribution is 2.21. The van der Waals surface area contributed by atoms with Gasteiger partial charge in [0.05, 0.1) is 0 Å². The molecule has 1 atom stereocenters. The van der Waals surface area contributed by atoms with Crippen molar-refractivity contribution in [2.75, 3.05) is 6.54 Å². The third kappa shape index (κ3) is 21.0. The third-order valence-corrected chi connectivity index (χ3v) is 6.97. The molecule has 2 amide bonds. The van der Waals surface area contributed by atoms with Crippen molar-refractivity contribution in [1.29, 1.82) is 0 Å². The normalized spacial score (nSPS) is 13.1. The maximum absolute atomic E-state index is 12.7. The van der Waals surface area contributed by atoms with E-state index in [-0.39, 0.29) is 12.3 Å². The van der Waals surface area contributed by atoms with Crippen LogP contribution in [-0.2, 0) is 14.4 Å². The first kappa shape index (κ1) is 40.2. The highest BCUT2D eigenvalue weighted by atomic mass is 35.5. The fraction of sp³-hybridized carbons (Fsp3) is 0.447. The van der Waals surface area contributed by atoms with E-state index in [4.69, 9.17) is 16.3 Å². The first-order valence-corrected chi connectivity index (χ1v) is 16.7. The maximum atomic E-state index is 12.7. The number of allylic oxidation sites excluding steroid dienone is 12. The minimum Gasteiger partial charge on any atom is -0.480 e. The van der Waals surface area contributed by atoms with Crippen molar-refractivity contribution in [1.82, 2.24) is 10.6 Å². The molecule has 0 heterocycles. The molecule has 1 rings (SSSR count). The van der Waals surface area contributed by atoms with Gasteiger partial charge in [0, 0.05) is 18.0 Å². The van der Waals surface area contributed by atoms with Gasteiger partial charge in [0.15, 0.2) is 5.60 Å². The molecule has 0 saturated heterocycles. The van der Waals surface area contributed by atoms with Crippen molar-refractivity contribution in [2.45, 2.75) is 103 Å². The van der Waals surface area contributed by atoms with Crippen molar-refractivity contribution in [3.05, 3.63) is 102 Å². The third-order valence-electron chi connectivity index (χ3n) is 6.71. The molecule has 0 bridgehead atoms. The van der Waals surface area contributed by atoms with Crippen LogP contribution < -0.4 is 15.4 Å². The smallest absolute Gasteiger partial charge is 0.326 e. The van der Waals surface area contributed by atoms with Gasteiger partial charge < -0.3 is 20.5 Å². The summed E-state index contributed by atoms with van der Waals surface area (Å²) in [5.41, 5.74) is -1.28. The molecule has 0 spiro atoms. The molecule has 0 radical (unpaired) electrons. The molecule has 1 aromatic carbocycles. The summed E-state index contributed by atoms with van der Waals surface area (Å²) >= 11 is 5.89. The number of benzene rings is 1. The zero-order valence-electron chi connectivity index (χ0n) is 27.8. The Morgan fingerprint density at radius 2 is 1.30 bits per heavy atom. The summed E-state index contributed by atoms with van der Waals surface area (Å²) in [6, 6.07) is 5.53. The van der Waals surface area contributed by atoms with Gasteiger partial charge in [-0.2, -0.15) is 0 Å². The molecule has 0 aliphatic carbocycles. The number of hydrogen-bond donors (Lipinski definition) is 3. The van der Waals surface area contributed by atoms with Gasteiger partial charge in [0.25, 0.3) is 5.91 Å². The minimum atomic E-state index is -1.28. The van der Waals surface area contributed by atoms with Crippen molar-refractivity contribution in [2.24, 2.45) is 0 Å². The summed E-state index contributed by atoms with van der Waals surface area (Å²) in [4.78, 5) is 36.6. The summed E-state index contributed by atoms with van der Waals surface area (Å²) in [6.07, 6.45) is 34.0. The Kier molecular flexibility index (Phi) is 22.2. The van der Waals surface area contributed by atoms with Crippen LogP contribution in [0.4, 0.5) is 0 Å². The van der Waals surface area contributed by atoms with E-state index >= 15 is 0 Å². The number of amides is 2. The number of carbonyl (C=O) groups excluding carboxylic acids is 2. The zero-order chi connectivity index (χ0) is 33.9. The van der Waals surface area contributed by atoms with Gasteiger partial charge in [-0.15, -0.1) is 0 Å². The summed E-state index contributed by atoms with van der Waals surface area (Å²) in [7, 11) is 0. The van der Waals surface area contributed by atoms with Crippen molar-refractivity contribution < 1.29 is 24.2 Å². The van der Waals surface area contributed by atoms with Crippen LogP contribution in [0, 0.1) is 0 Å². The lowest BCUT2D eigenvalue weighted by Crippen LogP contribution is -2.52. The van der Waals surface area contributed by atoms with E-state index in [1.165, 1.54) is 0 Å². The lowest BCUT2D eigenvalue weighted by atomic mass is 10.1. The molecular formula is C38H53ClN2O5. The van der Waals surface area contributed by atoms with Crippen LogP contribution in [0.2, 0.25) is 5.02 Å². The van der Waals surface area contributed by atoms with Gasteiger partial charge in [-0.1, -0.05) is 91.4 Å². The number of carboxylic acids is 1. The average molecular weight is 653 g/mol. The molecule has 1 aromatic rings. The van der Waals surface area contributed by atoms with Gasteiger partial charge in [-0.25, -0.2) is 4.79 Å². The van der Waals surface area contributed by atoms with Gasteiger partial charge in [0.1, 0.15) is 11.8 Å². The highest BCUT2D eigenvalue weighted by Gasteiger charge is 2.33. The molecule has 0 fully saturated rings. The van der Waals surface area contributed by atoms with E-state index in [9.17, 15) is 19.5 Å². The number of ether oxygens (including phenoxy) is 1. The molecule has 1 unspecified atom stereocenters. The van der Waals surface area contributed by atoms with Gasteiger partial charge in [-0.05, 0) is 102 Å². The Bertz CT molecular complexity index is 1200. The van der Waals surface area contributed by atoms with E-state index in [1.807, 2.05) is 6.08 Å². The number of nitrogens with one attached hydrogen (secondary N) is 2. The molecule has 0 aromatic heterocycles. The minimum absolute atomic E-state index is 0.0382. The highest BCUT2D eigenvalue weighted by molar-refractivity contribution is 6.30. The Morgan fingerprint density at radius 3 is 1.80 bits per heavy atom. The maximum Gasteiger partial charge on any atom is 0.326 e. The van der Waals surface area contributed by atoms with E-state index in [0.717, 1.165) is 38.5 Å². The van der Waals surface area contributed by atoms with Crippen molar-refractivity contribution in [3.8, 4) is 5.75 Å². The number of rotatable bonds is 24. The monoisotopic (exact) mass is 652 g/mol. The summed E-state index contributed by atoms with van der Waals surface area (Å²) in [6.45, 7) is 5.74. The molecule has 3 N–H and O–H groups in total. The molecule has 8 heteroatoms. The molecule has 0 aliphatic heterocycles. The lowest BCUT2D eigenvalue weighted by Gasteiger charge is -2.27. The second-order valence-corrected chi connectivity index (χ2v) is 11.7. The summed E-state index contributed by atoms with van der Waals surface area (Å²) in [5.74, 6) is -1.23. The van der Waals surface area contributed by atoms with E-state index < -0.39 is 23.5 Å². The predicted octanol–water partition coefficient (Wildman–Crippen LogP) is 8.83. The van der Waals surface area contributed by atoms with Gasteiger partial charge >= 0.3 is 5.97 Å². The largest absolute Gasteiger partial charge is 0.480 e. The van der Waals surface area contributed by atoms with Crippen molar-refractivity contribution >= 4 is 29.4 Å². The second-order valence-electron chi connectivity index (χ2n) is 11.2. The Labute approximate surface area is 281 Å². The number of carbonyl (C=O) groups is 3. The number of halogens is 1. The Balaban J connectivity index is 2.14. The summed E-state index contributed by atoms with van der Waals surface area (Å²) in [5, 5.41) is 15.6. The first-order chi connectivity index (χ1) is 22.2. The number of hydrogen-bond acceptors (Lipinski definition) is 4. The number of carboxylic acid groups (broad SMARTS) is 1. The fourth-order valence-corrected chi connectivity index (χ4v) is 4.20. The second kappa shape index (κ2) is 25.4. The average Bonchev–Trinajstić information content (AvgIpc) is 3.02. The molecule has 252 valence electrons. The van der Waals surface area contributed by atoms with Gasteiger partial charge in [0.2, 0.25) is 5.91 Å². The predicted molar refractivity (Wildman–Crippen MR) is 190 cm³/mol.